The second kappa shape index (κ2) is 6.65. The summed E-state index contributed by atoms with van der Waals surface area (Å²) in [6.45, 7) is 8.89. The van der Waals surface area contributed by atoms with Crippen LogP contribution in [-0.4, -0.2) is 13.1 Å². The van der Waals surface area contributed by atoms with Gasteiger partial charge >= 0.3 is 0 Å². The Morgan fingerprint density at radius 1 is 1.31 bits per heavy atom. The Kier molecular flexibility index (Phi) is 5.84. The van der Waals surface area contributed by atoms with Crippen LogP contribution in [0.25, 0.3) is 0 Å². The summed E-state index contributed by atoms with van der Waals surface area (Å²) in [7, 11) is 0. The van der Waals surface area contributed by atoms with Crippen molar-refractivity contribution in [1.82, 2.24) is 0 Å². The van der Waals surface area contributed by atoms with Crippen LogP contribution < -0.4 is 4.90 Å². The van der Waals surface area contributed by atoms with Gasteiger partial charge in [-0.05, 0) is 36.6 Å². The molecule has 0 amide bonds. The second-order valence-corrected chi connectivity index (χ2v) is 5.82. The zero-order chi connectivity index (χ0) is 12.1. The van der Waals surface area contributed by atoms with Crippen molar-refractivity contribution in [2.24, 2.45) is 5.92 Å². The largest absolute Gasteiger partial charge is 0.371 e. The van der Waals surface area contributed by atoms with Crippen LogP contribution in [0.1, 0.15) is 26.3 Å². The van der Waals surface area contributed by atoms with E-state index in [1.165, 1.54) is 11.3 Å². The minimum Gasteiger partial charge on any atom is -0.371 e. The van der Waals surface area contributed by atoms with E-state index in [0.29, 0.717) is 5.92 Å². The number of hydrogen-bond donors (Lipinski definition) is 0. The molecule has 0 radical (unpaired) electrons. The summed E-state index contributed by atoms with van der Waals surface area (Å²) in [5.41, 5.74) is 2.69. The van der Waals surface area contributed by atoms with E-state index >= 15 is 0 Å². The van der Waals surface area contributed by atoms with Gasteiger partial charge in [-0.2, -0.15) is 0 Å². The highest BCUT2D eigenvalue weighted by atomic mass is 79.9. The first-order chi connectivity index (χ1) is 7.58. The minimum atomic E-state index is 0.687. The van der Waals surface area contributed by atoms with E-state index < -0.39 is 0 Å². The molecule has 0 unspecified atom stereocenters. The molecule has 1 aromatic rings. The summed E-state index contributed by atoms with van der Waals surface area (Å²) in [6.07, 6.45) is 0. The van der Waals surface area contributed by atoms with E-state index in [1.807, 2.05) is 0 Å². The SMILES string of the molecule is CCN(CC(C)C)c1ccc(Br)cc1CBr. The molecule has 0 atom stereocenters. The van der Waals surface area contributed by atoms with Gasteiger partial charge < -0.3 is 4.90 Å². The Balaban J connectivity index is 2.99. The Morgan fingerprint density at radius 2 is 2.00 bits per heavy atom. The molecule has 0 aliphatic heterocycles. The van der Waals surface area contributed by atoms with Crippen LogP contribution in [0.15, 0.2) is 22.7 Å². The van der Waals surface area contributed by atoms with Crippen molar-refractivity contribution in [1.29, 1.82) is 0 Å². The van der Waals surface area contributed by atoms with Gasteiger partial charge in [-0.25, -0.2) is 0 Å². The van der Waals surface area contributed by atoms with E-state index in [0.717, 1.165) is 22.9 Å². The van der Waals surface area contributed by atoms with E-state index in [2.05, 4.69) is 75.7 Å². The van der Waals surface area contributed by atoms with Crippen LogP contribution in [-0.2, 0) is 5.33 Å². The maximum atomic E-state index is 3.56. The molecule has 0 aromatic heterocycles. The highest BCUT2D eigenvalue weighted by molar-refractivity contribution is 9.10. The van der Waals surface area contributed by atoms with Crippen LogP contribution in [0.5, 0.6) is 0 Å². The Morgan fingerprint density at radius 3 is 2.50 bits per heavy atom. The van der Waals surface area contributed by atoms with Crippen molar-refractivity contribution >= 4 is 37.5 Å². The normalized spacial score (nSPS) is 10.9. The van der Waals surface area contributed by atoms with Gasteiger partial charge in [0.25, 0.3) is 0 Å². The first kappa shape index (κ1) is 14.0. The molecule has 16 heavy (non-hydrogen) atoms. The quantitative estimate of drug-likeness (QED) is 0.689. The van der Waals surface area contributed by atoms with Crippen LogP contribution in [0.3, 0.4) is 0 Å². The molecule has 0 aliphatic rings. The lowest BCUT2D eigenvalue weighted by molar-refractivity contribution is 0.618. The summed E-state index contributed by atoms with van der Waals surface area (Å²) in [4.78, 5) is 2.44. The van der Waals surface area contributed by atoms with Gasteiger partial charge in [0.1, 0.15) is 0 Å². The summed E-state index contributed by atoms with van der Waals surface area (Å²) in [5.74, 6) is 0.687. The van der Waals surface area contributed by atoms with Gasteiger partial charge in [-0.3, -0.25) is 0 Å². The number of anilines is 1. The lowest BCUT2D eigenvalue weighted by Crippen LogP contribution is -2.28. The Hall–Kier alpha value is -0.0200. The average Bonchev–Trinajstić information content (AvgIpc) is 2.25. The van der Waals surface area contributed by atoms with E-state index in [1.54, 1.807) is 0 Å². The fraction of sp³-hybridized carbons (Fsp3) is 0.538. The first-order valence-electron chi connectivity index (χ1n) is 5.67. The molecule has 1 rings (SSSR count). The number of nitrogens with zero attached hydrogens (tertiary/aromatic N) is 1. The van der Waals surface area contributed by atoms with Crippen molar-refractivity contribution in [3.05, 3.63) is 28.2 Å². The molecule has 0 spiro atoms. The molecule has 1 aromatic carbocycles. The molecule has 90 valence electrons. The highest BCUT2D eigenvalue weighted by Gasteiger charge is 2.10. The summed E-state index contributed by atoms with van der Waals surface area (Å²) in [6, 6.07) is 6.50. The summed E-state index contributed by atoms with van der Waals surface area (Å²) >= 11 is 7.08. The number of rotatable bonds is 5. The third kappa shape index (κ3) is 3.77. The predicted molar refractivity (Wildman–Crippen MR) is 79.5 cm³/mol. The smallest absolute Gasteiger partial charge is 0.0408 e. The molecule has 0 saturated heterocycles. The zero-order valence-corrected chi connectivity index (χ0v) is 13.3. The second-order valence-electron chi connectivity index (χ2n) is 4.34. The standard InChI is InChI=1S/C13H19Br2N/c1-4-16(9-10(2)3)13-6-5-12(15)7-11(13)8-14/h5-7,10H,4,8-9H2,1-3H3. The van der Waals surface area contributed by atoms with Crippen LogP contribution >= 0.6 is 31.9 Å². The van der Waals surface area contributed by atoms with Gasteiger partial charge in [-0.15, -0.1) is 0 Å². The van der Waals surface area contributed by atoms with Gasteiger partial charge in [0.2, 0.25) is 0 Å². The van der Waals surface area contributed by atoms with Crippen molar-refractivity contribution in [2.45, 2.75) is 26.1 Å². The minimum absolute atomic E-state index is 0.687. The van der Waals surface area contributed by atoms with Crippen molar-refractivity contribution in [3.63, 3.8) is 0 Å². The fourth-order valence-corrected chi connectivity index (χ4v) is 2.67. The topological polar surface area (TPSA) is 3.24 Å². The fourth-order valence-electron chi connectivity index (χ4n) is 1.81. The molecular formula is C13H19Br2N. The number of benzene rings is 1. The van der Waals surface area contributed by atoms with E-state index in [9.17, 15) is 0 Å². The maximum absolute atomic E-state index is 3.56. The Labute approximate surface area is 115 Å². The number of hydrogen-bond acceptors (Lipinski definition) is 1. The summed E-state index contributed by atoms with van der Waals surface area (Å²) in [5, 5.41) is 0.899. The zero-order valence-electron chi connectivity index (χ0n) is 10.1. The molecule has 0 bridgehead atoms. The average molecular weight is 349 g/mol. The molecule has 0 aliphatic carbocycles. The lowest BCUT2D eigenvalue weighted by Gasteiger charge is -2.27. The molecule has 1 nitrogen and oxygen atoms in total. The van der Waals surface area contributed by atoms with Gasteiger partial charge in [0.05, 0.1) is 0 Å². The molecule has 0 heterocycles. The monoisotopic (exact) mass is 347 g/mol. The number of halogens is 2. The molecule has 0 fully saturated rings. The van der Waals surface area contributed by atoms with E-state index in [4.69, 9.17) is 0 Å². The van der Waals surface area contributed by atoms with Gasteiger partial charge in [0, 0.05) is 28.6 Å². The van der Waals surface area contributed by atoms with Gasteiger partial charge in [0.15, 0.2) is 0 Å². The third-order valence-corrected chi connectivity index (χ3v) is 3.59. The van der Waals surface area contributed by atoms with Crippen molar-refractivity contribution in [3.8, 4) is 0 Å². The van der Waals surface area contributed by atoms with Crippen molar-refractivity contribution < 1.29 is 0 Å². The Bertz CT molecular complexity index is 337. The third-order valence-electron chi connectivity index (χ3n) is 2.49. The number of alkyl halides is 1. The lowest BCUT2D eigenvalue weighted by atomic mass is 10.1. The first-order valence-corrected chi connectivity index (χ1v) is 7.59. The predicted octanol–water partition coefficient (Wildman–Crippen LogP) is 4.83. The van der Waals surface area contributed by atoms with Crippen LogP contribution in [0, 0.1) is 5.92 Å². The van der Waals surface area contributed by atoms with E-state index in [-0.39, 0.29) is 0 Å². The molecule has 3 heteroatoms. The molecular weight excluding hydrogens is 330 g/mol. The van der Waals surface area contributed by atoms with Crippen molar-refractivity contribution in [2.75, 3.05) is 18.0 Å². The van der Waals surface area contributed by atoms with Crippen LogP contribution in [0.2, 0.25) is 0 Å². The van der Waals surface area contributed by atoms with Crippen LogP contribution in [0.4, 0.5) is 5.69 Å². The maximum Gasteiger partial charge on any atom is 0.0408 e. The molecule has 0 saturated carbocycles. The summed E-state index contributed by atoms with van der Waals surface area (Å²) < 4.78 is 1.14. The molecule has 0 N–H and O–H groups in total. The van der Waals surface area contributed by atoms with Gasteiger partial charge in [-0.1, -0.05) is 45.7 Å². The highest BCUT2D eigenvalue weighted by Crippen LogP contribution is 2.27.